The van der Waals surface area contributed by atoms with Gasteiger partial charge in [-0.15, -0.1) is 0 Å². The first-order valence-electron chi connectivity index (χ1n) is 6.42. The highest BCUT2D eigenvalue weighted by Crippen LogP contribution is 2.23. The molecule has 0 aliphatic carbocycles. The largest absolute Gasteiger partial charge is 0.494 e. The summed E-state index contributed by atoms with van der Waals surface area (Å²) in [6.07, 6.45) is 0.988. The molecule has 0 unspecified atom stereocenters. The van der Waals surface area contributed by atoms with Gasteiger partial charge in [0.05, 0.1) is 12.3 Å². The summed E-state index contributed by atoms with van der Waals surface area (Å²) >= 11 is 0. The van der Waals surface area contributed by atoms with Crippen molar-refractivity contribution in [3.8, 4) is 17.0 Å². The van der Waals surface area contributed by atoms with Crippen LogP contribution >= 0.6 is 0 Å². The summed E-state index contributed by atoms with van der Waals surface area (Å²) < 4.78 is 5.54. The molecule has 0 saturated carbocycles. The van der Waals surface area contributed by atoms with Gasteiger partial charge in [0.25, 0.3) is 5.56 Å². The molecule has 0 radical (unpaired) electrons. The maximum absolute atomic E-state index is 11.5. The van der Waals surface area contributed by atoms with E-state index in [1.807, 2.05) is 31.2 Å². The Labute approximate surface area is 112 Å². The monoisotopic (exact) mass is 258 g/mol. The van der Waals surface area contributed by atoms with E-state index in [2.05, 4.69) is 17.1 Å². The van der Waals surface area contributed by atoms with Crippen LogP contribution in [-0.2, 0) is 0 Å². The zero-order valence-corrected chi connectivity index (χ0v) is 11.5. The summed E-state index contributed by atoms with van der Waals surface area (Å²) in [5.74, 6) is 0.851. The van der Waals surface area contributed by atoms with Gasteiger partial charge in [0.2, 0.25) is 0 Å². The van der Waals surface area contributed by atoms with Gasteiger partial charge < -0.3 is 4.74 Å². The smallest absolute Gasteiger partial charge is 0.267 e. The maximum atomic E-state index is 11.5. The molecule has 0 bridgehead atoms. The van der Waals surface area contributed by atoms with Crippen molar-refractivity contribution in [2.75, 3.05) is 6.61 Å². The number of rotatable bonds is 4. The summed E-state index contributed by atoms with van der Waals surface area (Å²) in [4.78, 5) is 11.5. The van der Waals surface area contributed by atoms with Crippen LogP contribution in [-0.4, -0.2) is 16.8 Å². The Morgan fingerprint density at radius 3 is 2.47 bits per heavy atom. The lowest BCUT2D eigenvalue weighted by Crippen LogP contribution is -2.14. The van der Waals surface area contributed by atoms with E-state index in [1.54, 1.807) is 6.92 Å². The van der Waals surface area contributed by atoms with Gasteiger partial charge in [-0.1, -0.05) is 6.92 Å². The van der Waals surface area contributed by atoms with Crippen molar-refractivity contribution in [1.82, 2.24) is 10.2 Å². The Bertz CT molecular complexity index is 615. The fourth-order valence-corrected chi connectivity index (χ4v) is 1.83. The molecule has 1 aromatic heterocycles. The van der Waals surface area contributed by atoms with Crippen LogP contribution in [0, 0.1) is 13.8 Å². The van der Waals surface area contributed by atoms with Crippen LogP contribution in [0.15, 0.2) is 29.1 Å². The van der Waals surface area contributed by atoms with Crippen molar-refractivity contribution < 1.29 is 4.74 Å². The SMILES string of the molecule is CCCOc1ccc(-c2n[nH]c(=O)c(C)c2C)cc1. The molecule has 2 rings (SSSR count). The Balaban J connectivity index is 2.32. The fraction of sp³-hybridized carbons (Fsp3) is 0.333. The number of nitrogens with zero attached hydrogens (tertiary/aromatic N) is 1. The minimum atomic E-state index is -0.135. The Morgan fingerprint density at radius 2 is 1.84 bits per heavy atom. The highest BCUT2D eigenvalue weighted by molar-refractivity contribution is 5.64. The lowest BCUT2D eigenvalue weighted by molar-refractivity contribution is 0.317. The summed E-state index contributed by atoms with van der Waals surface area (Å²) in [7, 11) is 0. The standard InChI is InChI=1S/C15H18N2O2/c1-4-9-19-13-7-5-12(6-8-13)14-10(2)11(3)15(18)17-16-14/h5-8H,4,9H2,1-3H3,(H,17,18). The molecular weight excluding hydrogens is 240 g/mol. The molecule has 0 saturated heterocycles. The number of ether oxygens (including phenoxy) is 1. The topological polar surface area (TPSA) is 55.0 Å². The number of aromatic nitrogens is 2. The first-order valence-corrected chi connectivity index (χ1v) is 6.42. The average Bonchev–Trinajstić information content (AvgIpc) is 2.44. The number of hydrogen-bond donors (Lipinski definition) is 1. The number of nitrogens with one attached hydrogen (secondary N) is 1. The first kappa shape index (κ1) is 13.3. The predicted molar refractivity (Wildman–Crippen MR) is 75.6 cm³/mol. The molecule has 4 nitrogen and oxygen atoms in total. The van der Waals surface area contributed by atoms with Crippen LogP contribution in [0.4, 0.5) is 0 Å². The molecule has 19 heavy (non-hydrogen) atoms. The van der Waals surface area contributed by atoms with Gasteiger partial charge in [0, 0.05) is 11.1 Å². The van der Waals surface area contributed by atoms with Crippen LogP contribution in [0.25, 0.3) is 11.3 Å². The first-order chi connectivity index (χ1) is 9.13. The van der Waals surface area contributed by atoms with Crippen molar-refractivity contribution in [3.63, 3.8) is 0 Å². The second-order valence-corrected chi connectivity index (χ2v) is 4.52. The molecule has 4 heteroatoms. The zero-order valence-electron chi connectivity index (χ0n) is 11.5. The van der Waals surface area contributed by atoms with E-state index in [0.29, 0.717) is 12.2 Å². The molecule has 0 atom stereocenters. The molecule has 1 heterocycles. The maximum Gasteiger partial charge on any atom is 0.267 e. The quantitative estimate of drug-likeness (QED) is 0.917. The Kier molecular flexibility index (Phi) is 4.00. The van der Waals surface area contributed by atoms with E-state index in [1.165, 1.54) is 0 Å². The normalized spacial score (nSPS) is 10.5. The van der Waals surface area contributed by atoms with Crippen LogP contribution in [0.3, 0.4) is 0 Å². The van der Waals surface area contributed by atoms with Crippen molar-refractivity contribution in [2.45, 2.75) is 27.2 Å². The summed E-state index contributed by atoms with van der Waals surface area (Å²) in [6, 6.07) is 7.76. The van der Waals surface area contributed by atoms with Gasteiger partial charge in [-0.05, 0) is 50.1 Å². The summed E-state index contributed by atoms with van der Waals surface area (Å²) in [5, 5.41) is 6.64. The third-order valence-corrected chi connectivity index (χ3v) is 3.13. The molecular formula is C15H18N2O2. The van der Waals surface area contributed by atoms with Gasteiger partial charge in [0.15, 0.2) is 0 Å². The lowest BCUT2D eigenvalue weighted by Gasteiger charge is -2.08. The van der Waals surface area contributed by atoms with Crippen LogP contribution < -0.4 is 10.3 Å². The van der Waals surface area contributed by atoms with Gasteiger partial charge in [-0.3, -0.25) is 4.79 Å². The van der Waals surface area contributed by atoms with Crippen molar-refractivity contribution in [2.24, 2.45) is 0 Å². The van der Waals surface area contributed by atoms with E-state index in [0.717, 1.165) is 29.0 Å². The molecule has 0 amide bonds. The number of H-pyrrole nitrogens is 1. The fourth-order valence-electron chi connectivity index (χ4n) is 1.83. The zero-order chi connectivity index (χ0) is 13.8. The summed E-state index contributed by atoms with van der Waals surface area (Å²) in [5.41, 5.74) is 3.26. The van der Waals surface area contributed by atoms with Crippen LogP contribution in [0.5, 0.6) is 5.75 Å². The molecule has 0 aliphatic rings. The van der Waals surface area contributed by atoms with Crippen molar-refractivity contribution >= 4 is 0 Å². The minimum Gasteiger partial charge on any atom is -0.494 e. The van der Waals surface area contributed by atoms with E-state index in [-0.39, 0.29) is 5.56 Å². The molecule has 2 aromatic rings. The number of hydrogen-bond acceptors (Lipinski definition) is 3. The molecule has 0 fully saturated rings. The number of aromatic amines is 1. The predicted octanol–water partition coefficient (Wildman–Crippen LogP) is 2.84. The average molecular weight is 258 g/mol. The van der Waals surface area contributed by atoms with E-state index in [4.69, 9.17) is 4.74 Å². The van der Waals surface area contributed by atoms with Gasteiger partial charge >= 0.3 is 0 Å². The van der Waals surface area contributed by atoms with Gasteiger partial charge in [-0.2, -0.15) is 5.10 Å². The van der Waals surface area contributed by atoms with E-state index >= 15 is 0 Å². The Morgan fingerprint density at radius 1 is 1.16 bits per heavy atom. The third kappa shape index (κ3) is 2.84. The molecule has 1 N–H and O–H groups in total. The van der Waals surface area contributed by atoms with Crippen LogP contribution in [0.2, 0.25) is 0 Å². The van der Waals surface area contributed by atoms with Crippen molar-refractivity contribution in [3.05, 3.63) is 45.7 Å². The lowest BCUT2D eigenvalue weighted by atomic mass is 10.0. The van der Waals surface area contributed by atoms with Gasteiger partial charge in [-0.25, -0.2) is 5.10 Å². The van der Waals surface area contributed by atoms with Crippen molar-refractivity contribution in [1.29, 1.82) is 0 Å². The van der Waals surface area contributed by atoms with Crippen LogP contribution in [0.1, 0.15) is 24.5 Å². The molecule has 0 aliphatic heterocycles. The van der Waals surface area contributed by atoms with E-state index in [9.17, 15) is 4.79 Å². The Hall–Kier alpha value is -2.10. The highest BCUT2D eigenvalue weighted by atomic mass is 16.5. The minimum absolute atomic E-state index is 0.135. The third-order valence-electron chi connectivity index (χ3n) is 3.13. The second kappa shape index (κ2) is 5.69. The highest BCUT2D eigenvalue weighted by Gasteiger charge is 2.08. The summed E-state index contributed by atoms with van der Waals surface area (Å²) in [6.45, 7) is 6.51. The molecule has 100 valence electrons. The number of benzene rings is 1. The van der Waals surface area contributed by atoms with E-state index < -0.39 is 0 Å². The van der Waals surface area contributed by atoms with Gasteiger partial charge in [0.1, 0.15) is 5.75 Å². The second-order valence-electron chi connectivity index (χ2n) is 4.52. The molecule has 0 spiro atoms. The molecule has 1 aromatic carbocycles.